The first-order chi connectivity index (χ1) is 18.0. The predicted octanol–water partition coefficient (Wildman–Crippen LogP) is 4.29. The molecule has 2 N–H and O–H groups in total. The van der Waals surface area contributed by atoms with Gasteiger partial charge in [0, 0.05) is 17.5 Å². The Balaban J connectivity index is 1.61. The molecule has 10 heteroatoms. The van der Waals surface area contributed by atoms with Crippen LogP contribution >= 0.6 is 0 Å². The van der Waals surface area contributed by atoms with Gasteiger partial charge in [-0.15, -0.1) is 5.10 Å². The Morgan fingerprint density at radius 3 is 2.57 bits per heavy atom. The van der Waals surface area contributed by atoms with E-state index in [1.54, 1.807) is 56.6 Å². The van der Waals surface area contributed by atoms with Gasteiger partial charge in [0.05, 0.1) is 38.8 Å². The number of hydrogen-bond donors (Lipinski definition) is 2. The summed E-state index contributed by atoms with van der Waals surface area (Å²) in [5, 5.41) is 11.0. The number of benzene rings is 2. The summed E-state index contributed by atoms with van der Waals surface area (Å²) in [7, 11) is 4.77. The first-order valence-corrected chi connectivity index (χ1v) is 11.5. The molecule has 0 saturated heterocycles. The van der Waals surface area contributed by atoms with Gasteiger partial charge in [0.15, 0.2) is 17.3 Å². The monoisotopic (exact) mass is 498 g/mol. The van der Waals surface area contributed by atoms with Crippen LogP contribution in [0.3, 0.4) is 0 Å². The minimum atomic E-state index is -0.565. The highest BCUT2D eigenvalue weighted by atomic mass is 16.5. The maximum absolute atomic E-state index is 13.6. The van der Waals surface area contributed by atoms with Crippen LogP contribution in [-0.4, -0.2) is 47.0 Å². The van der Waals surface area contributed by atoms with Crippen LogP contribution in [0.25, 0.3) is 11.4 Å². The smallest absolute Gasteiger partial charge is 0.255 e. The van der Waals surface area contributed by atoms with Crippen LogP contribution in [0.2, 0.25) is 0 Å². The van der Waals surface area contributed by atoms with E-state index in [-0.39, 0.29) is 5.91 Å². The molecule has 4 aromatic rings. The van der Waals surface area contributed by atoms with E-state index in [1.807, 2.05) is 43.3 Å². The summed E-state index contributed by atoms with van der Waals surface area (Å²) in [6, 6.07) is 16.0. The zero-order valence-corrected chi connectivity index (χ0v) is 20.9. The van der Waals surface area contributed by atoms with Gasteiger partial charge in [-0.2, -0.15) is 4.98 Å². The minimum Gasteiger partial charge on any atom is -0.497 e. The molecule has 5 rings (SSSR count). The van der Waals surface area contributed by atoms with Gasteiger partial charge in [-0.3, -0.25) is 9.78 Å². The fraction of sp³-hybridized carbons (Fsp3) is 0.185. The van der Waals surface area contributed by atoms with E-state index in [9.17, 15) is 4.79 Å². The number of fused-ring (bicyclic) bond motifs is 1. The summed E-state index contributed by atoms with van der Waals surface area (Å²) in [6.07, 6.45) is 3.25. The van der Waals surface area contributed by atoms with Gasteiger partial charge in [-0.05, 0) is 55.0 Å². The lowest BCUT2D eigenvalue weighted by Crippen LogP contribution is -2.31. The highest BCUT2D eigenvalue weighted by molar-refractivity contribution is 6.06. The quantitative estimate of drug-likeness (QED) is 0.388. The molecule has 2 aromatic carbocycles. The van der Waals surface area contributed by atoms with Crippen LogP contribution in [0.4, 0.5) is 11.6 Å². The van der Waals surface area contributed by atoms with E-state index in [0.717, 1.165) is 11.1 Å². The molecule has 2 aromatic heterocycles. The Kier molecular flexibility index (Phi) is 6.46. The van der Waals surface area contributed by atoms with Crippen molar-refractivity contribution in [3.63, 3.8) is 0 Å². The van der Waals surface area contributed by atoms with E-state index < -0.39 is 6.04 Å². The van der Waals surface area contributed by atoms with Gasteiger partial charge in [0.2, 0.25) is 5.95 Å². The van der Waals surface area contributed by atoms with Crippen LogP contribution in [0, 0.1) is 0 Å². The van der Waals surface area contributed by atoms with Gasteiger partial charge in [0.25, 0.3) is 5.91 Å². The topological polar surface area (TPSA) is 112 Å². The number of carbonyl (C=O) groups excluding carboxylic acids is 1. The average molecular weight is 499 g/mol. The fourth-order valence-corrected chi connectivity index (χ4v) is 4.30. The fourth-order valence-electron chi connectivity index (χ4n) is 4.30. The van der Waals surface area contributed by atoms with Crippen LogP contribution < -0.4 is 24.8 Å². The number of nitrogens with zero attached hydrogens (tertiary/aromatic N) is 4. The van der Waals surface area contributed by atoms with Crippen LogP contribution in [0.5, 0.6) is 17.2 Å². The van der Waals surface area contributed by atoms with Crippen molar-refractivity contribution in [1.29, 1.82) is 0 Å². The van der Waals surface area contributed by atoms with Crippen molar-refractivity contribution >= 4 is 17.5 Å². The molecule has 1 amide bonds. The maximum atomic E-state index is 13.6. The molecule has 37 heavy (non-hydrogen) atoms. The number of carbonyl (C=O) groups is 1. The molecule has 0 spiro atoms. The second kappa shape index (κ2) is 10.0. The molecule has 188 valence electrons. The predicted molar refractivity (Wildman–Crippen MR) is 139 cm³/mol. The lowest BCUT2D eigenvalue weighted by Gasteiger charge is -2.28. The number of hydrogen-bond acceptors (Lipinski definition) is 8. The van der Waals surface area contributed by atoms with Crippen molar-refractivity contribution < 1.29 is 19.0 Å². The summed E-state index contributed by atoms with van der Waals surface area (Å²) in [5.74, 6) is 2.54. The Morgan fingerprint density at radius 1 is 1.00 bits per heavy atom. The largest absolute Gasteiger partial charge is 0.497 e. The number of rotatable bonds is 7. The Morgan fingerprint density at radius 2 is 1.84 bits per heavy atom. The van der Waals surface area contributed by atoms with Crippen molar-refractivity contribution in [2.24, 2.45) is 0 Å². The van der Waals surface area contributed by atoms with E-state index >= 15 is 0 Å². The van der Waals surface area contributed by atoms with E-state index in [0.29, 0.717) is 46.0 Å². The van der Waals surface area contributed by atoms with Crippen molar-refractivity contribution in [2.45, 2.75) is 13.0 Å². The zero-order chi connectivity index (χ0) is 25.9. The highest BCUT2D eigenvalue weighted by Crippen LogP contribution is 2.38. The molecule has 1 aliphatic heterocycles. The zero-order valence-electron chi connectivity index (χ0n) is 20.9. The normalized spacial score (nSPS) is 14.4. The minimum absolute atomic E-state index is 0.278. The SMILES string of the molecule is COc1cccc(C2C(C(=O)Nc3cccnc3)=C(C)Nc3nc(-c4ccc(OC)c(OC)c4)nn32)c1. The van der Waals surface area contributed by atoms with Crippen molar-refractivity contribution in [1.82, 2.24) is 19.7 Å². The molecule has 0 fully saturated rings. The number of ether oxygens (including phenoxy) is 3. The number of anilines is 2. The molecule has 0 bridgehead atoms. The van der Waals surface area contributed by atoms with E-state index in [2.05, 4.69) is 15.6 Å². The number of amides is 1. The molecule has 0 saturated carbocycles. The number of aromatic nitrogens is 4. The summed E-state index contributed by atoms with van der Waals surface area (Å²) in [4.78, 5) is 22.4. The third-order valence-electron chi connectivity index (χ3n) is 6.07. The third kappa shape index (κ3) is 4.56. The molecule has 3 heterocycles. The van der Waals surface area contributed by atoms with Crippen LogP contribution in [-0.2, 0) is 4.79 Å². The molecule has 1 aliphatic rings. The van der Waals surface area contributed by atoms with Crippen molar-refractivity contribution in [2.75, 3.05) is 32.0 Å². The van der Waals surface area contributed by atoms with Crippen molar-refractivity contribution in [3.8, 4) is 28.6 Å². The molecule has 0 aliphatic carbocycles. The summed E-state index contributed by atoms with van der Waals surface area (Å²) < 4.78 is 18.0. The average Bonchev–Trinajstić information content (AvgIpc) is 3.35. The Labute approximate surface area is 213 Å². The summed E-state index contributed by atoms with van der Waals surface area (Å²) in [6.45, 7) is 1.85. The Hall–Kier alpha value is -4.86. The van der Waals surface area contributed by atoms with Gasteiger partial charge < -0.3 is 24.8 Å². The van der Waals surface area contributed by atoms with Gasteiger partial charge in [-0.25, -0.2) is 4.68 Å². The van der Waals surface area contributed by atoms with Gasteiger partial charge in [-0.1, -0.05) is 12.1 Å². The van der Waals surface area contributed by atoms with Gasteiger partial charge in [0.1, 0.15) is 11.8 Å². The van der Waals surface area contributed by atoms with E-state index in [1.165, 1.54) is 0 Å². The molecular weight excluding hydrogens is 472 g/mol. The molecule has 1 unspecified atom stereocenters. The molecular formula is C27H26N6O4. The number of nitrogens with one attached hydrogen (secondary N) is 2. The number of pyridine rings is 1. The molecule has 10 nitrogen and oxygen atoms in total. The number of methoxy groups -OCH3 is 3. The maximum Gasteiger partial charge on any atom is 0.255 e. The second-order valence-corrected chi connectivity index (χ2v) is 8.31. The van der Waals surface area contributed by atoms with Gasteiger partial charge >= 0.3 is 0 Å². The first-order valence-electron chi connectivity index (χ1n) is 11.5. The standard InChI is InChI=1S/C27H26N6O4/c1-16-23(26(34)30-19-8-6-12-28-15-19)24(17-7-5-9-20(13-17)35-2)33-27(29-16)31-25(32-33)18-10-11-21(36-3)22(14-18)37-4/h5-15,24H,1-4H3,(H,30,34)(H,29,31,32). The number of allylic oxidation sites excluding steroid dienone is 1. The first kappa shape index (κ1) is 23.9. The van der Waals surface area contributed by atoms with Crippen LogP contribution in [0.15, 0.2) is 78.3 Å². The highest BCUT2D eigenvalue weighted by Gasteiger charge is 2.35. The lowest BCUT2D eigenvalue weighted by molar-refractivity contribution is -0.113. The van der Waals surface area contributed by atoms with Crippen LogP contribution in [0.1, 0.15) is 18.5 Å². The second-order valence-electron chi connectivity index (χ2n) is 8.31. The summed E-state index contributed by atoms with van der Waals surface area (Å²) in [5.41, 5.74) is 3.31. The summed E-state index contributed by atoms with van der Waals surface area (Å²) >= 11 is 0. The Bertz CT molecular complexity index is 1480. The lowest BCUT2D eigenvalue weighted by atomic mass is 9.95. The molecule has 1 atom stereocenters. The third-order valence-corrected chi connectivity index (χ3v) is 6.07. The van der Waals surface area contributed by atoms with Crippen molar-refractivity contribution in [3.05, 3.63) is 83.8 Å². The molecule has 0 radical (unpaired) electrons. The van der Waals surface area contributed by atoms with E-state index in [4.69, 9.17) is 24.3 Å².